The second-order valence-electron chi connectivity index (χ2n) is 6.90. The first-order chi connectivity index (χ1) is 11.9. The molecule has 0 bridgehead atoms. The molecule has 1 unspecified atom stereocenters. The minimum atomic E-state index is -0.304. The summed E-state index contributed by atoms with van der Waals surface area (Å²) >= 11 is 0. The second-order valence-corrected chi connectivity index (χ2v) is 6.90. The zero-order valence-corrected chi connectivity index (χ0v) is 15.3. The molecule has 1 N–H and O–H groups in total. The topological polar surface area (TPSA) is 56.4 Å². The van der Waals surface area contributed by atoms with Crippen LogP contribution in [-0.4, -0.2) is 41.5 Å². The fourth-order valence-electron chi connectivity index (χ4n) is 3.44. The molecule has 1 aromatic heterocycles. The van der Waals surface area contributed by atoms with Crippen LogP contribution in [0.15, 0.2) is 35.1 Å². The minimum Gasteiger partial charge on any atom is -0.367 e. The van der Waals surface area contributed by atoms with Crippen molar-refractivity contribution in [1.82, 2.24) is 9.88 Å². The Morgan fingerprint density at radius 2 is 1.84 bits per heavy atom. The number of aromatic amines is 1. The Hall–Kier alpha value is -2.56. The number of aryl methyl sites for hydroxylation is 3. The molecule has 1 atom stereocenters. The number of benzene rings is 1. The number of nitrogens with one attached hydrogen (secondary N) is 1. The standard InChI is InChI=1S/C20H25N3O2/c1-13-7-5-6-8-18(13)22-9-10-23(15(3)12-22)20(25)17-11-14(2)16(4)21-19(17)24/h5-8,11,15H,9-10,12H2,1-4H3,(H,21,24). The quantitative estimate of drug-likeness (QED) is 0.915. The molecule has 1 aliphatic rings. The van der Waals surface area contributed by atoms with Crippen molar-refractivity contribution in [2.45, 2.75) is 33.7 Å². The Morgan fingerprint density at radius 3 is 2.52 bits per heavy atom. The van der Waals surface area contributed by atoms with Gasteiger partial charge in [-0.15, -0.1) is 0 Å². The third-order valence-corrected chi connectivity index (χ3v) is 5.07. The molecule has 0 spiro atoms. The van der Waals surface area contributed by atoms with Crippen LogP contribution in [0.25, 0.3) is 0 Å². The predicted octanol–water partition coefficient (Wildman–Crippen LogP) is 2.65. The predicted molar refractivity (Wildman–Crippen MR) is 100 cm³/mol. The number of hydrogen-bond acceptors (Lipinski definition) is 3. The lowest BCUT2D eigenvalue weighted by atomic mass is 10.1. The Balaban J connectivity index is 1.80. The lowest BCUT2D eigenvalue weighted by Crippen LogP contribution is -2.55. The molecule has 2 heterocycles. The smallest absolute Gasteiger partial charge is 0.261 e. The number of anilines is 1. The van der Waals surface area contributed by atoms with Crippen LogP contribution in [0.5, 0.6) is 0 Å². The van der Waals surface area contributed by atoms with E-state index in [1.54, 1.807) is 6.07 Å². The molecule has 3 rings (SSSR count). The van der Waals surface area contributed by atoms with Gasteiger partial charge in [0.2, 0.25) is 0 Å². The first-order valence-corrected chi connectivity index (χ1v) is 8.70. The van der Waals surface area contributed by atoms with Crippen LogP contribution < -0.4 is 10.5 Å². The first kappa shape index (κ1) is 17.3. The van der Waals surface area contributed by atoms with Crippen molar-refractivity contribution in [3.8, 4) is 0 Å². The van der Waals surface area contributed by atoms with Crippen molar-refractivity contribution >= 4 is 11.6 Å². The number of H-pyrrole nitrogens is 1. The van der Waals surface area contributed by atoms with E-state index >= 15 is 0 Å². The van der Waals surface area contributed by atoms with Crippen LogP contribution in [0.2, 0.25) is 0 Å². The Morgan fingerprint density at radius 1 is 1.12 bits per heavy atom. The number of pyridine rings is 1. The van der Waals surface area contributed by atoms with Gasteiger partial charge in [0.05, 0.1) is 0 Å². The molecule has 1 fully saturated rings. The van der Waals surface area contributed by atoms with Crippen molar-refractivity contribution in [2.75, 3.05) is 24.5 Å². The molecule has 1 aromatic carbocycles. The normalized spacial score (nSPS) is 17.7. The van der Waals surface area contributed by atoms with E-state index in [-0.39, 0.29) is 23.1 Å². The summed E-state index contributed by atoms with van der Waals surface area (Å²) in [5.74, 6) is -0.179. The van der Waals surface area contributed by atoms with E-state index in [4.69, 9.17) is 0 Å². The molecule has 1 aliphatic heterocycles. The van der Waals surface area contributed by atoms with E-state index in [9.17, 15) is 9.59 Å². The fraction of sp³-hybridized carbons (Fsp3) is 0.400. The maximum Gasteiger partial charge on any atom is 0.261 e. The maximum absolute atomic E-state index is 12.9. The van der Waals surface area contributed by atoms with Gasteiger partial charge in [0.1, 0.15) is 5.56 Å². The highest BCUT2D eigenvalue weighted by Crippen LogP contribution is 2.23. The number of piperazine rings is 1. The number of carbonyl (C=O) groups excluding carboxylic acids is 1. The average Bonchev–Trinajstić information content (AvgIpc) is 2.58. The number of hydrogen-bond donors (Lipinski definition) is 1. The SMILES string of the molecule is Cc1ccccc1N1CCN(C(=O)c2cc(C)c(C)[nH]c2=O)C(C)C1. The zero-order chi connectivity index (χ0) is 18.1. The maximum atomic E-state index is 12.9. The number of para-hydroxylation sites is 1. The number of carbonyl (C=O) groups is 1. The third kappa shape index (κ3) is 3.31. The van der Waals surface area contributed by atoms with E-state index in [1.165, 1.54) is 11.3 Å². The summed E-state index contributed by atoms with van der Waals surface area (Å²) in [6, 6.07) is 10.0. The Bertz CT molecular complexity index is 856. The highest BCUT2D eigenvalue weighted by Gasteiger charge is 2.30. The molecule has 1 saturated heterocycles. The molecule has 132 valence electrons. The second kappa shape index (κ2) is 6.75. The molecular weight excluding hydrogens is 314 g/mol. The van der Waals surface area contributed by atoms with Gasteiger partial charge >= 0.3 is 0 Å². The van der Waals surface area contributed by atoms with Crippen LogP contribution in [0, 0.1) is 20.8 Å². The van der Waals surface area contributed by atoms with Gasteiger partial charge in [-0.25, -0.2) is 0 Å². The molecule has 0 saturated carbocycles. The van der Waals surface area contributed by atoms with Gasteiger partial charge in [-0.05, 0) is 51.0 Å². The summed E-state index contributed by atoms with van der Waals surface area (Å²) in [6.07, 6.45) is 0. The number of amides is 1. The van der Waals surface area contributed by atoms with Crippen molar-refractivity contribution in [3.05, 3.63) is 63.1 Å². The van der Waals surface area contributed by atoms with Gasteiger partial charge in [-0.2, -0.15) is 0 Å². The molecule has 1 amide bonds. The molecule has 0 radical (unpaired) electrons. The summed E-state index contributed by atoms with van der Waals surface area (Å²) in [5.41, 5.74) is 4.11. The van der Waals surface area contributed by atoms with Gasteiger partial charge in [0, 0.05) is 37.1 Å². The van der Waals surface area contributed by atoms with Crippen LogP contribution in [0.4, 0.5) is 5.69 Å². The summed E-state index contributed by atoms with van der Waals surface area (Å²) in [5, 5.41) is 0. The summed E-state index contributed by atoms with van der Waals surface area (Å²) in [7, 11) is 0. The largest absolute Gasteiger partial charge is 0.367 e. The van der Waals surface area contributed by atoms with Gasteiger partial charge in [-0.3, -0.25) is 9.59 Å². The van der Waals surface area contributed by atoms with Gasteiger partial charge < -0.3 is 14.8 Å². The third-order valence-electron chi connectivity index (χ3n) is 5.07. The molecular formula is C20H25N3O2. The zero-order valence-electron chi connectivity index (χ0n) is 15.3. The number of nitrogens with zero attached hydrogens (tertiary/aromatic N) is 2. The van der Waals surface area contributed by atoms with Crippen LogP contribution in [-0.2, 0) is 0 Å². The highest BCUT2D eigenvalue weighted by molar-refractivity contribution is 5.94. The minimum absolute atomic E-state index is 0.0434. The van der Waals surface area contributed by atoms with Crippen LogP contribution in [0.1, 0.15) is 34.1 Å². The molecule has 0 aliphatic carbocycles. The molecule has 2 aromatic rings. The van der Waals surface area contributed by atoms with Crippen LogP contribution in [0.3, 0.4) is 0 Å². The molecule has 5 nitrogen and oxygen atoms in total. The summed E-state index contributed by atoms with van der Waals surface area (Å²) in [4.78, 5) is 32.0. The van der Waals surface area contributed by atoms with Crippen molar-refractivity contribution in [2.24, 2.45) is 0 Å². The lowest BCUT2D eigenvalue weighted by Gasteiger charge is -2.41. The van der Waals surface area contributed by atoms with E-state index in [1.807, 2.05) is 37.8 Å². The van der Waals surface area contributed by atoms with Crippen molar-refractivity contribution < 1.29 is 4.79 Å². The molecule has 25 heavy (non-hydrogen) atoms. The van der Waals surface area contributed by atoms with E-state index in [0.717, 1.165) is 24.3 Å². The van der Waals surface area contributed by atoms with Gasteiger partial charge in [0.15, 0.2) is 0 Å². The first-order valence-electron chi connectivity index (χ1n) is 8.70. The van der Waals surface area contributed by atoms with Crippen molar-refractivity contribution in [1.29, 1.82) is 0 Å². The van der Waals surface area contributed by atoms with Gasteiger partial charge in [0.25, 0.3) is 11.5 Å². The van der Waals surface area contributed by atoms with Gasteiger partial charge in [-0.1, -0.05) is 18.2 Å². The Labute approximate surface area is 148 Å². The Kier molecular flexibility index (Phi) is 4.66. The summed E-state index contributed by atoms with van der Waals surface area (Å²) < 4.78 is 0. The monoisotopic (exact) mass is 339 g/mol. The highest BCUT2D eigenvalue weighted by atomic mass is 16.2. The van der Waals surface area contributed by atoms with Crippen molar-refractivity contribution in [3.63, 3.8) is 0 Å². The number of rotatable bonds is 2. The molecule has 5 heteroatoms. The van der Waals surface area contributed by atoms with Crippen LogP contribution >= 0.6 is 0 Å². The lowest BCUT2D eigenvalue weighted by molar-refractivity contribution is 0.0672. The average molecular weight is 339 g/mol. The fourth-order valence-corrected chi connectivity index (χ4v) is 3.44. The van der Waals surface area contributed by atoms with E-state index < -0.39 is 0 Å². The summed E-state index contributed by atoms with van der Waals surface area (Å²) in [6.45, 7) is 10.0. The number of aromatic nitrogens is 1. The van der Waals surface area contributed by atoms with E-state index in [2.05, 4.69) is 28.9 Å². The van der Waals surface area contributed by atoms with E-state index in [0.29, 0.717) is 6.54 Å².